The Kier molecular flexibility index (Phi) is 14.2. The molecule has 0 spiro atoms. The van der Waals surface area contributed by atoms with Crippen LogP contribution in [0.3, 0.4) is 0 Å². The smallest absolute Gasteiger partial charge is 0.226 e. The fourth-order valence-corrected chi connectivity index (χ4v) is 6.11. The van der Waals surface area contributed by atoms with E-state index in [1.54, 1.807) is 0 Å². The van der Waals surface area contributed by atoms with Crippen LogP contribution in [0.15, 0.2) is 83.2 Å². The number of aromatic nitrogens is 2. The van der Waals surface area contributed by atoms with Gasteiger partial charge in [-0.15, -0.1) is 29.1 Å². The van der Waals surface area contributed by atoms with Crippen molar-refractivity contribution >= 4 is 27.7 Å². The molecule has 51 heavy (non-hydrogen) atoms. The van der Waals surface area contributed by atoms with Gasteiger partial charge in [0.2, 0.25) is 5.71 Å². The Morgan fingerprint density at radius 3 is 2.14 bits per heavy atom. The summed E-state index contributed by atoms with van der Waals surface area (Å²) in [5.74, 6) is 1.68. The van der Waals surface area contributed by atoms with Crippen LogP contribution in [0.4, 0.5) is 0 Å². The van der Waals surface area contributed by atoms with Crippen LogP contribution in [0, 0.1) is 22.8 Å². The van der Waals surface area contributed by atoms with E-state index in [0.29, 0.717) is 11.6 Å². The summed E-state index contributed by atoms with van der Waals surface area (Å²) in [7, 11) is 0. The van der Waals surface area contributed by atoms with E-state index in [9.17, 15) is 9.90 Å². The van der Waals surface area contributed by atoms with Gasteiger partial charge in [-0.2, -0.15) is 0 Å². The maximum atomic E-state index is 12.2. The second kappa shape index (κ2) is 17.3. The average Bonchev–Trinajstić information content (AvgIpc) is 3.53. The van der Waals surface area contributed by atoms with Crippen molar-refractivity contribution < 1.29 is 34.4 Å². The molecule has 0 atom stereocenters. The van der Waals surface area contributed by atoms with Gasteiger partial charge in [0.15, 0.2) is 5.78 Å². The molecule has 0 bridgehead atoms. The van der Waals surface area contributed by atoms with Crippen LogP contribution in [0.25, 0.3) is 44.5 Å². The third kappa shape index (κ3) is 9.84. The van der Waals surface area contributed by atoms with Crippen molar-refractivity contribution in [3.05, 3.63) is 96.0 Å². The molecular weight excluding hydrogens is 809 g/mol. The zero-order valence-electron chi connectivity index (χ0n) is 32.5. The van der Waals surface area contributed by atoms with Gasteiger partial charge in [-0.3, -0.25) is 9.78 Å². The number of nitrogens with zero attached hydrogens (tertiary/aromatic N) is 2. The van der Waals surface area contributed by atoms with Crippen molar-refractivity contribution in [2.45, 2.75) is 114 Å². The van der Waals surface area contributed by atoms with E-state index in [0.717, 1.165) is 65.5 Å². The number of fused-ring (bicyclic) bond motifs is 2. The van der Waals surface area contributed by atoms with Crippen molar-refractivity contribution in [3.8, 4) is 22.6 Å². The Labute approximate surface area is 319 Å². The van der Waals surface area contributed by atoms with Crippen LogP contribution in [-0.4, -0.2) is 20.9 Å². The average molecular weight is 866 g/mol. The molecule has 5 aromatic rings. The van der Waals surface area contributed by atoms with Crippen molar-refractivity contribution in [1.29, 1.82) is 0 Å². The van der Waals surface area contributed by atoms with Gasteiger partial charge in [0, 0.05) is 66.0 Å². The van der Waals surface area contributed by atoms with Crippen LogP contribution in [0.1, 0.15) is 113 Å². The predicted molar refractivity (Wildman–Crippen MR) is 209 cm³/mol. The molecule has 3 heterocycles. The summed E-state index contributed by atoms with van der Waals surface area (Å²) in [6.45, 7) is 23.3. The summed E-state index contributed by atoms with van der Waals surface area (Å²) in [6.07, 6.45) is 9.53. The Morgan fingerprint density at radius 2 is 1.53 bits per heavy atom. The normalized spacial score (nSPS) is 12.5. The molecule has 0 aliphatic rings. The zero-order valence-corrected chi connectivity index (χ0v) is 34.9. The number of aliphatic hydroxyl groups excluding tert-OH is 1. The van der Waals surface area contributed by atoms with Crippen LogP contribution in [0.5, 0.6) is 0 Å². The number of allylic oxidation sites excluding steroid dienone is 2. The van der Waals surface area contributed by atoms with E-state index < -0.39 is 0 Å². The molecule has 275 valence electrons. The number of carbonyl (C=O) groups is 1. The molecule has 5 rings (SSSR count). The van der Waals surface area contributed by atoms with Gasteiger partial charge >= 0.3 is 0 Å². The van der Waals surface area contributed by atoms with E-state index in [1.807, 2.05) is 60.0 Å². The van der Waals surface area contributed by atoms with Gasteiger partial charge in [0.1, 0.15) is 11.5 Å². The van der Waals surface area contributed by atoms with E-state index in [1.165, 1.54) is 22.6 Å². The van der Waals surface area contributed by atoms with Crippen LogP contribution in [-0.2, 0) is 36.7 Å². The van der Waals surface area contributed by atoms with Gasteiger partial charge in [0.25, 0.3) is 0 Å². The number of pyridine rings is 2. The predicted octanol–water partition coefficient (Wildman–Crippen LogP) is 12.7. The SMILES string of the molecule is CC(C)Cc1cnc2oc(-c3ccnc(-c4[c-]c5ccccc5c(C(C)(C)C)c4)c3)cc2c1.CCC(C)(CC)C(=O)/C=C(\O)C(C)(CC)CC.[Ir]. The van der Waals surface area contributed by atoms with E-state index in [2.05, 4.69) is 99.2 Å². The number of aliphatic hydroxyl groups is 1. The minimum atomic E-state index is -0.337. The van der Waals surface area contributed by atoms with Gasteiger partial charge in [-0.25, -0.2) is 4.98 Å². The summed E-state index contributed by atoms with van der Waals surface area (Å²) >= 11 is 0. The Balaban J connectivity index is 0.000000335. The standard InChI is InChI=1S/C30H29N2O.C15H28O2.Ir/c1-19(2)12-20-13-24-17-28(33-29(24)32-18-20)22-10-11-31-27(16-22)23-14-21-8-6-7-9-25(21)26(15-23)30(3,4)5;1-7-14(5,8-2)12(16)11-13(17)15(6,9-3)10-4;/h6-11,13,15-19H,12H2,1-5H3;11,16H,7-10H2,1-6H3;/q-1;;/b;12-11-;. The number of hydrogen-bond acceptors (Lipinski definition) is 5. The van der Waals surface area contributed by atoms with Crippen molar-refractivity contribution in [1.82, 2.24) is 9.97 Å². The number of benzene rings is 2. The fourth-order valence-electron chi connectivity index (χ4n) is 6.11. The van der Waals surface area contributed by atoms with Crippen LogP contribution in [0.2, 0.25) is 0 Å². The maximum absolute atomic E-state index is 12.2. The molecule has 0 amide bonds. The fraction of sp³-hybridized carbons (Fsp3) is 0.444. The zero-order chi connectivity index (χ0) is 36.9. The number of ketones is 1. The molecule has 0 unspecified atom stereocenters. The van der Waals surface area contributed by atoms with Gasteiger partial charge in [-0.1, -0.05) is 111 Å². The minimum absolute atomic E-state index is 0. The molecule has 5 nitrogen and oxygen atoms in total. The Bertz CT molecular complexity index is 1960. The monoisotopic (exact) mass is 866 g/mol. The molecule has 0 fully saturated rings. The molecule has 3 aromatic heterocycles. The quantitative estimate of drug-likeness (QED) is 0.0813. The summed E-state index contributed by atoms with van der Waals surface area (Å²) in [5.41, 5.74) is 5.48. The molecule has 0 aliphatic carbocycles. The summed E-state index contributed by atoms with van der Waals surface area (Å²) in [5, 5.41) is 13.5. The van der Waals surface area contributed by atoms with Gasteiger partial charge < -0.3 is 9.52 Å². The van der Waals surface area contributed by atoms with E-state index in [4.69, 9.17) is 4.42 Å². The first-order valence-corrected chi connectivity index (χ1v) is 18.3. The Morgan fingerprint density at radius 1 is 0.882 bits per heavy atom. The molecule has 6 heteroatoms. The second-order valence-electron chi connectivity index (χ2n) is 15.7. The third-order valence-electron chi connectivity index (χ3n) is 10.6. The summed E-state index contributed by atoms with van der Waals surface area (Å²) in [4.78, 5) is 21.4. The molecule has 0 aliphatic heterocycles. The first kappa shape index (κ1) is 41.8. The first-order valence-electron chi connectivity index (χ1n) is 18.3. The summed E-state index contributed by atoms with van der Waals surface area (Å²) < 4.78 is 6.10. The number of furan rings is 1. The molecular formula is C45H57IrN2O3-. The second-order valence-corrected chi connectivity index (χ2v) is 15.7. The Hall–Kier alpha value is -3.60. The molecule has 1 N–H and O–H groups in total. The third-order valence-corrected chi connectivity index (χ3v) is 10.6. The largest absolute Gasteiger partial charge is 0.512 e. The topological polar surface area (TPSA) is 76.2 Å². The molecule has 1 radical (unpaired) electrons. The van der Waals surface area contributed by atoms with E-state index >= 15 is 0 Å². The van der Waals surface area contributed by atoms with Gasteiger partial charge in [-0.05, 0) is 67.2 Å². The molecule has 0 saturated carbocycles. The minimum Gasteiger partial charge on any atom is -0.512 e. The van der Waals surface area contributed by atoms with Gasteiger partial charge in [0.05, 0.1) is 0 Å². The van der Waals surface area contributed by atoms with Crippen molar-refractivity contribution in [3.63, 3.8) is 0 Å². The van der Waals surface area contributed by atoms with Crippen LogP contribution >= 0.6 is 0 Å². The van der Waals surface area contributed by atoms with E-state index in [-0.39, 0.29) is 47.9 Å². The number of carbonyl (C=O) groups excluding carboxylic acids is 1. The van der Waals surface area contributed by atoms with Crippen LogP contribution < -0.4 is 0 Å². The first-order chi connectivity index (χ1) is 23.6. The van der Waals surface area contributed by atoms with Crippen molar-refractivity contribution in [2.75, 3.05) is 0 Å². The number of rotatable bonds is 11. The summed E-state index contributed by atoms with van der Waals surface area (Å²) in [6, 6.07) is 22.6. The molecule has 2 aromatic carbocycles. The molecule has 0 saturated heterocycles. The van der Waals surface area contributed by atoms with Crippen molar-refractivity contribution in [2.24, 2.45) is 16.7 Å². The maximum Gasteiger partial charge on any atom is 0.226 e. The number of hydrogen-bond donors (Lipinski definition) is 1.